The molecule has 2 heteroatoms. The van der Waals surface area contributed by atoms with E-state index >= 15 is 0 Å². The summed E-state index contributed by atoms with van der Waals surface area (Å²) in [6.07, 6.45) is 6.15. The van der Waals surface area contributed by atoms with Crippen LogP contribution in [-0.4, -0.2) is 6.54 Å². The highest BCUT2D eigenvalue weighted by Crippen LogP contribution is 2.22. The van der Waals surface area contributed by atoms with E-state index in [1.165, 1.54) is 0 Å². The first-order valence-corrected chi connectivity index (χ1v) is 2.75. The zero-order valence-electron chi connectivity index (χ0n) is 4.42. The summed E-state index contributed by atoms with van der Waals surface area (Å²) in [7, 11) is 0. The number of hydrogen-bond donors (Lipinski definition) is 1. The Morgan fingerprint density at radius 1 is 1.75 bits per heavy atom. The van der Waals surface area contributed by atoms with Gasteiger partial charge in [0.1, 0.15) is 5.76 Å². The maximum Gasteiger partial charge on any atom is 0.132 e. The monoisotopic (exact) mass is 109 g/mol. The van der Waals surface area contributed by atoms with Gasteiger partial charge >= 0.3 is 0 Å². The number of hydrogen-bond acceptors (Lipinski definition) is 2. The molecule has 0 aromatic heterocycles. The van der Waals surface area contributed by atoms with Crippen LogP contribution in [0.4, 0.5) is 0 Å². The molecule has 0 aromatic carbocycles. The zero-order valence-corrected chi connectivity index (χ0v) is 4.42. The van der Waals surface area contributed by atoms with E-state index in [1.54, 1.807) is 0 Å². The number of allylic oxidation sites excluding steroid dienone is 2. The van der Waals surface area contributed by atoms with E-state index < -0.39 is 0 Å². The lowest BCUT2D eigenvalue weighted by Gasteiger charge is -1.92. The summed E-state index contributed by atoms with van der Waals surface area (Å²) < 4.78 is 0. The second-order valence-electron chi connectivity index (χ2n) is 2.01. The molecule has 1 N–H and O–H groups in total. The van der Waals surface area contributed by atoms with Gasteiger partial charge in [-0.15, -0.1) is 0 Å². The zero-order chi connectivity index (χ0) is 5.40. The molecule has 1 heterocycles. The summed E-state index contributed by atoms with van der Waals surface area (Å²) in [4.78, 5) is 5.03. The van der Waals surface area contributed by atoms with E-state index in [-0.39, 0.29) is 0 Å². The van der Waals surface area contributed by atoms with Gasteiger partial charge in [-0.25, -0.2) is 0 Å². The minimum Gasteiger partial charge on any atom is -0.412 e. The first-order chi connectivity index (χ1) is 3.97. The quantitative estimate of drug-likeness (QED) is 0.491. The Morgan fingerprint density at radius 3 is 3.62 bits per heavy atom. The van der Waals surface area contributed by atoms with Gasteiger partial charge in [-0.2, -0.15) is 5.48 Å². The van der Waals surface area contributed by atoms with Gasteiger partial charge in [0, 0.05) is 6.54 Å². The highest BCUT2D eigenvalue weighted by molar-refractivity contribution is 5.24. The van der Waals surface area contributed by atoms with E-state index in [4.69, 9.17) is 4.84 Å². The standard InChI is InChI=1S/C6H7NO/c1-2-5-4-7-8-6(5)3-1/h1-3,5,7H,4H2. The molecule has 0 radical (unpaired) electrons. The predicted molar refractivity (Wildman–Crippen MR) is 29.8 cm³/mol. The first kappa shape index (κ1) is 4.15. The van der Waals surface area contributed by atoms with Crippen LogP contribution in [0.3, 0.4) is 0 Å². The molecule has 1 saturated heterocycles. The fourth-order valence-corrected chi connectivity index (χ4v) is 0.996. The van der Waals surface area contributed by atoms with Crippen LogP contribution in [0.25, 0.3) is 0 Å². The Hall–Kier alpha value is -0.760. The SMILES string of the molecule is C1=CC2CNOC2=C1. The van der Waals surface area contributed by atoms with Crippen molar-refractivity contribution in [1.29, 1.82) is 0 Å². The topological polar surface area (TPSA) is 21.3 Å². The third-order valence-corrected chi connectivity index (χ3v) is 1.46. The van der Waals surface area contributed by atoms with Crippen molar-refractivity contribution in [2.24, 2.45) is 5.92 Å². The van der Waals surface area contributed by atoms with Crippen LogP contribution in [0.1, 0.15) is 0 Å². The van der Waals surface area contributed by atoms with Crippen molar-refractivity contribution < 1.29 is 4.84 Å². The molecular formula is C6H7NO. The molecule has 8 heavy (non-hydrogen) atoms. The Bertz CT molecular complexity index is 160. The minimum absolute atomic E-state index is 0.523. The van der Waals surface area contributed by atoms with Gasteiger partial charge < -0.3 is 4.84 Å². The fraction of sp³-hybridized carbons (Fsp3) is 0.333. The molecule has 1 aliphatic carbocycles. The molecule has 0 spiro atoms. The smallest absolute Gasteiger partial charge is 0.132 e. The van der Waals surface area contributed by atoms with Crippen molar-refractivity contribution >= 4 is 0 Å². The van der Waals surface area contributed by atoms with Crippen LogP contribution in [0, 0.1) is 5.92 Å². The second kappa shape index (κ2) is 1.36. The molecular weight excluding hydrogens is 102 g/mol. The average Bonchev–Trinajstić information content (AvgIpc) is 2.15. The Kier molecular flexibility index (Phi) is 0.704. The van der Waals surface area contributed by atoms with Crippen LogP contribution < -0.4 is 5.48 Å². The largest absolute Gasteiger partial charge is 0.412 e. The normalized spacial score (nSPS) is 32.0. The molecule has 2 nitrogen and oxygen atoms in total. The lowest BCUT2D eigenvalue weighted by molar-refractivity contribution is 0.156. The van der Waals surface area contributed by atoms with Gasteiger partial charge in [0.2, 0.25) is 0 Å². The van der Waals surface area contributed by atoms with Gasteiger partial charge in [0.25, 0.3) is 0 Å². The molecule has 0 bridgehead atoms. The predicted octanol–water partition coefficient (Wildman–Crippen LogP) is 0.591. The van der Waals surface area contributed by atoms with Crippen LogP contribution in [0.5, 0.6) is 0 Å². The molecule has 0 saturated carbocycles. The molecule has 0 aromatic rings. The van der Waals surface area contributed by atoms with Gasteiger partial charge in [-0.05, 0) is 6.08 Å². The number of nitrogens with one attached hydrogen (secondary N) is 1. The highest BCUT2D eigenvalue weighted by atomic mass is 16.7. The average molecular weight is 109 g/mol. The fourth-order valence-electron chi connectivity index (χ4n) is 0.996. The van der Waals surface area contributed by atoms with Crippen molar-refractivity contribution in [1.82, 2.24) is 5.48 Å². The number of fused-ring (bicyclic) bond motifs is 1. The van der Waals surface area contributed by atoms with E-state index in [9.17, 15) is 0 Å². The van der Waals surface area contributed by atoms with Crippen LogP contribution in [0.15, 0.2) is 24.0 Å². The van der Waals surface area contributed by atoms with Gasteiger partial charge in [-0.3, -0.25) is 0 Å². The van der Waals surface area contributed by atoms with E-state index in [2.05, 4.69) is 11.6 Å². The van der Waals surface area contributed by atoms with E-state index in [0.717, 1.165) is 12.3 Å². The molecule has 1 atom stereocenters. The summed E-state index contributed by atoms with van der Waals surface area (Å²) in [5.74, 6) is 1.58. The van der Waals surface area contributed by atoms with Gasteiger partial charge in [-0.1, -0.05) is 12.2 Å². The highest BCUT2D eigenvalue weighted by Gasteiger charge is 2.21. The first-order valence-electron chi connectivity index (χ1n) is 2.75. The summed E-state index contributed by atoms with van der Waals surface area (Å²) in [6, 6.07) is 0. The van der Waals surface area contributed by atoms with Crippen LogP contribution >= 0.6 is 0 Å². The molecule has 2 rings (SSSR count). The second-order valence-corrected chi connectivity index (χ2v) is 2.01. The van der Waals surface area contributed by atoms with Gasteiger partial charge in [0.05, 0.1) is 5.92 Å². The summed E-state index contributed by atoms with van der Waals surface area (Å²) in [5, 5.41) is 0. The maximum atomic E-state index is 5.03. The van der Waals surface area contributed by atoms with E-state index in [0.29, 0.717) is 5.92 Å². The Labute approximate surface area is 47.8 Å². The van der Waals surface area contributed by atoms with Crippen molar-refractivity contribution in [2.45, 2.75) is 0 Å². The van der Waals surface area contributed by atoms with Crippen molar-refractivity contribution in [3.8, 4) is 0 Å². The Morgan fingerprint density at radius 2 is 2.75 bits per heavy atom. The molecule has 42 valence electrons. The van der Waals surface area contributed by atoms with Crippen molar-refractivity contribution in [3.05, 3.63) is 24.0 Å². The summed E-state index contributed by atoms with van der Waals surface area (Å²) >= 11 is 0. The third kappa shape index (κ3) is 0.406. The van der Waals surface area contributed by atoms with Crippen molar-refractivity contribution in [2.75, 3.05) is 6.54 Å². The number of rotatable bonds is 0. The maximum absolute atomic E-state index is 5.03. The Balaban J connectivity index is 2.29. The molecule has 0 amide bonds. The third-order valence-electron chi connectivity index (χ3n) is 1.46. The van der Waals surface area contributed by atoms with Crippen LogP contribution in [0.2, 0.25) is 0 Å². The molecule has 1 fully saturated rings. The molecule has 1 unspecified atom stereocenters. The van der Waals surface area contributed by atoms with Crippen molar-refractivity contribution in [3.63, 3.8) is 0 Å². The lowest BCUT2D eigenvalue weighted by atomic mass is 10.2. The molecule has 1 aliphatic heterocycles. The summed E-state index contributed by atoms with van der Waals surface area (Å²) in [5.41, 5.74) is 2.80. The number of hydroxylamine groups is 1. The van der Waals surface area contributed by atoms with Gasteiger partial charge in [0.15, 0.2) is 0 Å². The van der Waals surface area contributed by atoms with Crippen LogP contribution in [-0.2, 0) is 4.84 Å². The lowest BCUT2D eigenvalue weighted by Crippen LogP contribution is -2.05. The molecule has 2 aliphatic rings. The minimum atomic E-state index is 0.523. The summed E-state index contributed by atoms with van der Waals surface area (Å²) in [6.45, 7) is 0.933. The van der Waals surface area contributed by atoms with E-state index in [1.807, 2.05) is 12.2 Å².